The Morgan fingerprint density at radius 1 is 1.30 bits per heavy atom. The molecule has 0 bridgehead atoms. The second-order valence-corrected chi connectivity index (χ2v) is 7.28. The molecule has 0 amide bonds. The Bertz CT molecular complexity index is 774. The number of Topliss-reactive ketones (excluding diaryl/α,β-unsaturated/α-hetero) is 2. The zero-order valence-electron chi connectivity index (χ0n) is 13.6. The molecule has 7 heteroatoms. The Morgan fingerprint density at radius 2 is 2.00 bits per heavy atom. The van der Waals surface area contributed by atoms with Crippen LogP contribution in [0, 0.1) is 13.8 Å². The van der Waals surface area contributed by atoms with Crippen molar-refractivity contribution in [2.45, 2.75) is 56.9 Å². The molecule has 2 aromatic heterocycles. The highest BCUT2D eigenvalue weighted by Gasteiger charge is 2.30. The van der Waals surface area contributed by atoms with E-state index in [9.17, 15) is 9.59 Å². The van der Waals surface area contributed by atoms with Crippen LogP contribution in [-0.2, 0) is 0 Å². The number of aromatic amines is 1. The van der Waals surface area contributed by atoms with Crippen molar-refractivity contribution in [3.8, 4) is 0 Å². The van der Waals surface area contributed by atoms with Gasteiger partial charge in [0.25, 0.3) is 5.22 Å². The lowest BCUT2D eigenvalue weighted by Gasteiger charge is -2.07. The first-order valence-corrected chi connectivity index (χ1v) is 8.50. The molecule has 0 aliphatic heterocycles. The smallest absolute Gasteiger partial charge is 0.277 e. The molecule has 1 saturated carbocycles. The van der Waals surface area contributed by atoms with Crippen LogP contribution in [0.3, 0.4) is 0 Å². The van der Waals surface area contributed by atoms with Crippen molar-refractivity contribution in [1.82, 2.24) is 15.2 Å². The molecule has 1 aliphatic carbocycles. The molecule has 1 N–H and O–H groups in total. The predicted octanol–water partition coefficient (Wildman–Crippen LogP) is 3.46. The van der Waals surface area contributed by atoms with Crippen LogP contribution in [0.4, 0.5) is 0 Å². The van der Waals surface area contributed by atoms with Crippen LogP contribution in [0.5, 0.6) is 0 Å². The molecule has 3 rings (SSSR count). The van der Waals surface area contributed by atoms with Gasteiger partial charge in [-0.3, -0.25) is 9.59 Å². The molecule has 1 fully saturated rings. The van der Waals surface area contributed by atoms with Crippen molar-refractivity contribution in [1.29, 1.82) is 0 Å². The number of ketones is 2. The van der Waals surface area contributed by atoms with Crippen LogP contribution in [0.15, 0.2) is 9.64 Å². The Hall–Kier alpha value is -1.89. The zero-order chi connectivity index (χ0) is 16.7. The maximum absolute atomic E-state index is 12.7. The standard InChI is InChI=1S/C16H19N3O3S/c1-7-12(9(3)20)8(2)17-13(7)14(21)10(4)23-16-19-18-15(22-16)11-5-6-11/h10-11,17H,5-6H2,1-4H3/t10-/m1/s1. The first-order valence-electron chi connectivity index (χ1n) is 7.62. The number of hydrogen-bond acceptors (Lipinski definition) is 6. The number of hydrogen-bond donors (Lipinski definition) is 1. The van der Waals surface area contributed by atoms with Crippen molar-refractivity contribution in [2.75, 3.05) is 0 Å². The lowest BCUT2D eigenvalue weighted by atomic mass is 10.0. The Kier molecular flexibility index (Phi) is 4.14. The second-order valence-electron chi connectivity index (χ2n) is 5.99. The molecular formula is C16H19N3O3S. The van der Waals surface area contributed by atoms with Gasteiger partial charge in [0.15, 0.2) is 11.6 Å². The van der Waals surface area contributed by atoms with Gasteiger partial charge < -0.3 is 9.40 Å². The fourth-order valence-corrected chi connectivity index (χ4v) is 3.44. The highest BCUT2D eigenvalue weighted by atomic mass is 32.2. The van der Waals surface area contributed by atoms with Gasteiger partial charge in [0.1, 0.15) is 0 Å². The third kappa shape index (κ3) is 3.10. The number of nitrogens with zero attached hydrogens (tertiary/aromatic N) is 2. The molecule has 2 heterocycles. The van der Waals surface area contributed by atoms with E-state index in [0.717, 1.165) is 18.5 Å². The molecular weight excluding hydrogens is 314 g/mol. The summed E-state index contributed by atoms with van der Waals surface area (Å²) in [5.74, 6) is 0.947. The molecule has 122 valence electrons. The van der Waals surface area contributed by atoms with Gasteiger partial charge in [-0.2, -0.15) is 0 Å². The van der Waals surface area contributed by atoms with E-state index in [1.165, 1.54) is 18.7 Å². The molecule has 2 aromatic rings. The van der Waals surface area contributed by atoms with E-state index in [1.54, 1.807) is 20.8 Å². The van der Waals surface area contributed by atoms with Crippen molar-refractivity contribution in [2.24, 2.45) is 0 Å². The molecule has 0 aromatic carbocycles. The molecule has 23 heavy (non-hydrogen) atoms. The number of rotatable bonds is 6. The van der Waals surface area contributed by atoms with Crippen LogP contribution in [0.1, 0.15) is 70.6 Å². The van der Waals surface area contributed by atoms with E-state index in [1.807, 2.05) is 0 Å². The minimum Gasteiger partial charge on any atom is -0.416 e. The van der Waals surface area contributed by atoms with Gasteiger partial charge >= 0.3 is 0 Å². The number of aromatic nitrogens is 3. The Labute approximate surface area is 138 Å². The third-order valence-electron chi connectivity index (χ3n) is 4.03. The summed E-state index contributed by atoms with van der Waals surface area (Å²) in [4.78, 5) is 27.4. The highest BCUT2D eigenvalue weighted by Crippen LogP contribution is 2.40. The van der Waals surface area contributed by atoms with Crippen LogP contribution >= 0.6 is 11.8 Å². The fourth-order valence-electron chi connectivity index (χ4n) is 2.70. The lowest BCUT2D eigenvalue weighted by Crippen LogP contribution is -2.15. The molecule has 6 nitrogen and oxygen atoms in total. The summed E-state index contributed by atoms with van der Waals surface area (Å²) in [6, 6.07) is 0. The molecule has 0 unspecified atom stereocenters. The molecule has 0 spiro atoms. The van der Waals surface area contributed by atoms with Crippen LogP contribution < -0.4 is 0 Å². The van der Waals surface area contributed by atoms with Gasteiger partial charge in [0, 0.05) is 17.2 Å². The van der Waals surface area contributed by atoms with Crippen molar-refractivity contribution in [3.63, 3.8) is 0 Å². The fraction of sp³-hybridized carbons (Fsp3) is 0.500. The van der Waals surface area contributed by atoms with Gasteiger partial charge in [0.2, 0.25) is 5.89 Å². The number of carbonyl (C=O) groups is 2. The number of carbonyl (C=O) groups excluding carboxylic acids is 2. The summed E-state index contributed by atoms with van der Waals surface area (Å²) < 4.78 is 5.59. The quantitative estimate of drug-likeness (QED) is 0.643. The van der Waals surface area contributed by atoms with Gasteiger partial charge in [-0.25, -0.2) is 0 Å². The maximum atomic E-state index is 12.7. The highest BCUT2D eigenvalue weighted by molar-refractivity contribution is 8.00. The summed E-state index contributed by atoms with van der Waals surface area (Å²) >= 11 is 1.25. The topological polar surface area (TPSA) is 88.9 Å². The summed E-state index contributed by atoms with van der Waals surface area (Å²) in [6.45, 7) is 6.91. The van der Waals surface area contributed by atoms with Gasteiger partial charge in [-0.05, 0) is 46.1 Å². The van der Waals surface area contributed by atoms with Crippen molar-refractivity contribution < 1.29 is 14.0 Å². The average Bonchev–Trinajstić information content (AvgIpc) is 3.16. The molecule has 0 radical (unpaired) electrons. The van der Waals surface area contributed by atoms with Crippen LogP contribution in [0.2, 0.25) is 0 Å². The SMILES string of the molecule is CC(=O)c1c(C)[nH]c(C(=O)[C@@H](C)Sc2nnc(C3CC3)o2)c1C. The molecule has 0 saturated heterocycles. The minimum absolute atomic E-state index is 0.0402. The van der Waals surface area contributed by atoms with E-state index in [-0.39, 0.29) is 16.8 Å². The van der Waals surface area contributed by atoms with E-state index in [4.69, 9.17) is 4.42 Å². The van der Waals surface area contributed by atoms with Gasteiger partial charge in [0.05, 0.1) is 10.9 Å². The maximum Gasteiger partial charge on any atom is 0.277 e. The van der Waals surface area contributed by atoms with Crippen LogP contribution in [0.25, 0.3) is 0 Å². The minimum atomic E-state index is -0.376. The van der Waals surface area contributed by atoms with E-state index >= 15 is 0 Å². The summed E-state index contributed by atoms with van der Waals surface area (Å²) in [5.41, 5.74) is 2.51. The average molecular weight is 333 g/mol. The van der Waals surface area contributed by atoms with Crippen molar-refractivity contribution >= 4 is 23.3 Å². The first-order chi connectivity index (χ1) is 10.9. The summed E-state index contributed by atoms with van der Waals surface area (Å²) in [7, 11) is 0. The predicted molar refractivity (Wildman–Crippen MR) is 86.2 cm³/mol. The summed E-state index contributed by atoms with van der Waals surface area (Å²) in [5, 5.41) is 8.06. The number of nitrogens with one attached hydrogen (secondary N) is 1. The molecule has 1 atom stereocenters. The summed E-state index contributed by atoms with van der Waals surface area (Å²) in [6.07, 6.45) is 2.19. The normalized spacial score (nSPS) is 15.7. The largest absolute Gasteiger partial charge is 0.416 e. The molecule has 1 aliphatic rings. The van der Waals surface area contributed by atoms with Crippen molar-refractivity contribution in [3.05, 3.63) is 28.4 Å². The van der Waals surface area contributed by atoms with Crippen LogP contribution in [-0.4, -0.2) is 32.0 Å². The first kappa shape index (κ1) is 16.0. The van der Waals surface area contributed by atoms with E-state index in [0.29, 0.717) is 33.9 Å². The van der Waals surface area contributed by atoms with E-state index < -0.39 is 0 Å². The Balaban J connectivity index is 1.76. The monoisotopic (exact) mass is 333 g/mol. The number of H-pyrrole nitrogens is 1. The van der Waals surface area contributed by atoms with E-state index in [2.05, 4.69) is 15.2 Å². The Morgan fingerprint density at radius 3 is 2.57 bits per heavy atom. The number of aryl methyl sites for hydroxylation is 1. The second kappa shape index (κ2) is 5.96. The van der Waals surface area contributed by atoms with Gasteiger partial charge in [-0.1, -0.05) is 11.8 Å². The lowest BCUT2D eigenvalue weighted by molar-refractivity contribution is 0.0988. The third-order valence-corrected chi connectivity index (χ3v) is 4.97. The number of thioether (sulfide) groups is 1. The zero-order valence-corrected chi connectivity index (χ0v) is 14.4. The van der Waals surface area contributed by atoms with Gasteiger partial charge in [-0.15, -0.1) is 10.2 Å².